The third kappa shape index (κ3) is 16.3. The van der Waals surface area contributed by atoms with Crippen LogP contribution in [0.3, 0.4) is 0 Å². The van der Waals surface area contributed by atoms with Crippen molar-refractivity contribution in [3.63, 3.8) is 0 Å². The Hall–Kier alpha value is -0.840. The molecule has 10 aliphatic rings. The van der Waals surface area contributed by atoms with Crippen molar-refractivity contribution in [2.45, 2.75) is 309 Å². The molecule has 97 heavy (non-hydrogen) atoms. The Morgan fingerprint density at radius 2 is 1.07 bits per heavy atom. The van der Waals surface area contributed by atoms with E-state index < -0.39 is 243 Å². The number of aliphatic hydroxyl groups excluding tert-OH is 15. The largest absolute Gasteiger partial charge is 1.00 e. The standard InChI is InChI=1S/C62H102O33S.Na/c1-22(2)15-26(65)18-62(8,79)36-10-9-29-28-17-32(31-16-27(95-96(80,81)82)11-13-60(31,6)30(28)12-14-61(29,36)7)87-56-48(77)51(39(68)24(4)85-56)92-58-52(93-54-46(75)43(72)37(66)23(3)84-54)42(71)35(21-83-58)90-59-53(45(74)41(70)34(20-64)89-59)94-57-49(78)50(38(67)25(5)86-57)91-55-47(76)44(73)40(69)33(19-63)88-55;/h12,22-25,27-29,31-59,63-64,66-79H,9-11,13-21H2,1-8H3,(H,80,81,82);/q;+1/p-1/t23-,24-,25-,27+,28+,29+,31?,32?,33-,34-,35-,36+,37+,38+,39-,40-,41-,42+,43-,44+,45+,46-,47-,48-,49-,50+,51?,52-,53-,54+,55+,56+,57-,58+,59+,60-,61+,62+;/m1./s1. The first-order valence-electron chi connectivity index (χ1n) is 33.4. The third-order valence-electron chi connectivity index (χ3n) is 22.4. The van der Waals surface area contributed by atoms with Crippen molar-refractivity contribution in [2.75, 3.05) is 19.8 Å². The van der Waals surface area contributed by atoms with Crippen LogP contribution in [0.4, 0.5) is 0 Å². The van der Waals surface area contributed by atoms with Crippen LogP contribution >= 0.6 is 0 Å². The average molecular weight is 1430 g/mol. The van der Waals surface area contributed by atoms with Gasteiger partial charge in [-0.15, -0.1) is 0 Å². The van der Waals surface area contributed by atoms with Gasteiger partial charge in [0, 0.05) is 12.8 Å². The van der Waals surface area contributed by atoms with Gasteiger partial charge >= 0.3 is 29.6 Å². The second-order valence-corrected chi connectivity index (χ2v) is 30.5. The number of rotatable bonds is 21. The van der Waals surface area contributed by atoms with E-state index in [2.05, 4.69) is 13.0 Å². The minimum atomic E-state index is -5.17. The fraction of sp³-hybridized carbons (Fsp3) is 0.952. The number of allylic oxidation sites excluding steroid dienone is 2. The van der Waals surface area contributed by atoms with Crippen molar-refractivity contribution in [1.82, 2.24) is 0 Å². The molecule has 0 aromatic heterocycles. The number of hydrogen-bond acceptors (Lipinski definition) is 33. The van der Waals surface area contributed by atoms with Crippen LogP contribution < -0.4 is 29.6 Å². The summed E-state index contributed by atoms with van der Waals surface area (Å²) >= 11 is 0. The predicted molar refractivity (Wildman–Crippen MR) is 316 cm³/mol. The Kier molecular flexibility index (Phi) is 26.2. The monoisotopic (exact) mass is 1430 g/mol. The molecule has 4 aliphatic carbocycles. The molecule has 6 aliphatic heterocycles. The summed E-state index contributed by atoms with van der Waals surface area (Å²) in [6.45, 7) is 11.4. The van der Waals surface area contributed by atoms with Gasteiger partial charge in [-0.25, -0.2) is 8.42 Å². The van der Waals surface area contributed by atoms with Gasteiger partial charge in [0.1, 0.15) is 128 Å². The molecule has 0 radical (unpaired) electrons. The maximum atomic E-state index is 13.3. The van der Waals surface area contributed by atoms with Gasteiger partial charge in [-0.05, 0) is 113 Å². The maximum Gasteiger partial charge on any atom is 1.00 e. The van der Waals surface area contributed by atoms with E-state index in [0.717, 1.165) is 5.57 Å². The van der Waals surface area contributed by atoms with E-state index in [4.69, 9.17) is 61.0 Å². The van der Waals surface area contributed by atoms with Crippen LogP contribution in [-0.2, 0) is 76.2 Å². The van der Waals surface area contributed by atoms with E-state index >= 15 is 0 Å². The number of hydrogen-bond donors (Lipinski definition) is 16. The second kappa shape index (κ2) is 31.7. The minimum absolute atomic E-state index is 0. The summed E-state index contributed by atoms with van der Waals surface area (Å²) in [4.78, 5) is 13.3. The van der Waals surface area contributed by atoms with Gasteiger partial charge in [0.15, 0.2) is 37.7 Å². The van der Waals surface area contributed by atoms with Gasteiger partial charge in [-0.3, -0.25) is 8.98 Å². The zero-order chi connectivity index (χ0) is 70.3. The predicted octanol–water partition coefficient (Wildman–Crippen LogP) is -8.19. The van der Waals surface area contributed by atoms with Gasteiger partial charge in [-0.2, -0.15) is 0 Å². The molecule has 3 saturated carbocycles. The van der Waals surface area contributed by atoms with Crippen molar-refractivity contribution in [3.05, 3.63) is 11.6 Å². The van der Waals surface area contributed by atoms with E-state index in [1.807, 2.05) is 20.8 Å². The van der Waals surface area contributed by atoms with Crippen LogP contribution in [-0.4, -0.2) is 316 Å². The van der Waals surface area contributed by atoms with Gasteiger partial charge in [-0.1, -0.05) is 39.3 Å². The maximum absolute atomic E-state index is 13.3. The fourth-order valence-electron chi connectivity index (χ4n) is 17.2. The van der Waals surface area contributed by atoms with Crippen LogP contribution in [0.25, 0.3) is 0 Å². The van der Waals surface area contributed by atoms with E-state index in [1.165, 1.54) is 20.8 Å². The van der Waals surface area contributed by atoms with Crippen LogP contribution in [0.2, 0.25) is 0 Å². The van der Waals surface area contributed by atoms with E-state index in [-0.39, 0.29) is 84.7 Å². The molecule has 0 spiro atoms. The minimum Gasteiger partial charge on any atom is -0.726 e. The van der Waals surface area contributed by atoms with E-state index in [1.54, 1.807) is 6.92 Å². The Morgan fingerprint density at radius 1 is 0.588 bits per heavy atom. The summed E-state index contributed by atoms with van der Waals surface area (Å²) in [5.74, 6) is -1.01. The molecule has 554 valence electrons. The van der Waals surface area contributed by atoms with Crippen LogP contribution in [0.1, 0.15) is 113 Å². The number of carbonyl (C=O) groups excluding carboxylic acids is 1. The van der Waals surface area contributed by atoms with Crippen molar-refractivity contribution >= 4 is 16.2 Å². The average Bonchev–Trinajstić information content (AvgIpc) is 1.69. The second-order valence-electron chi connectivity index (χ2n) is 29.5. The molecule has 0 aromatic rings. The molecule has 10 rings (SSSR count). The number of ketones is 1. The summed E-state index contributed by atoms with van der Waals surface area (Å²) in [6.07, 6.45) is -49.0. The molecule has 35 heteroatoms. The number of carbonyl (C=O) groups is 1. The van der Waals surface area contributed by atoms with E-state index in [9.17, 15) is 99.5 Å². The first-order valence-corrected chi connectivity index (χ1v) is 34.7. The first-order chi connectivity index (χ1) is 44.9. The zero-order valence-electron chi connectivity index (χ0n) is 55.9. The molecular formula is C62H101NaO33S. The van der Waals surface area contributed by atoms with Gasteiger partial charge in [0.05, 0.1) is 55.9 Å². The Morgan fingerprint density at radius 3 is 1.64 bits per heavy atom. The Balaban J connectivity index is 0.0000110. The molecule has 0 bridgehead atoms. The topological polar surface area (TPSA) is 518 Å². The molecule has 38 atom stereocenters. The first kappa shape index (κ1) is 80.3. The summed E-state index contributed by atoms with van der Waals surface area (Å²) in [5, 5.41) is 179. The molecule has 0 aromatic carbocycles. The number of aliphatic hydroxyl groups is 16. The normalized spacial score (nSPS) is 51.1. The molecule has 0 amide bonds. The van der Waals surface area contributed by atoms with Gasteiger partial charge in [0.2, 0.25) is 10.4 Å². The molecular weight excluding hydrogens is 1330 g/mol. The molecule has 16 N–H and O–H groups in total. The van der Waals surface area contributed by atoms with Gasteiger partial charge < -0.3 is 143 Å². The number of ether oxygens (including phenoxy) is 12. The zero-order valence-corrected chi connectivity index (χ0v) is 58.7. The fourth-order valence-corrected chi connectivity index (χ4v) is 17.7. The van der Waals surface area contributed by atoms with Crippen LogP contribution in [0.15, 0.2) is 11.6 Å². The van der Waals surface area contributed by atoms with Crippen LogP contribution in [0.5, 0.6) is 0 Å². The number of Topliss-reactive ketones (excluding diaryl/α,β-unsaturated/α-hetero) is 1. The smallest absolute Gasteiger partial charge is 0.726 e. The van der Waals surface area contributed by atoms with Crippen molar-refractivity contribution < 1.29 is 190 Å². The summed E-state index contributed by atoms with van der Waals surface area (Å²) < 4.78 is 114. The SMILES string of the molecule is CC(C)CC(=O)C[C@](C)(O)[C@H]1CC[C@H]2[C@@H]3CC(O[C@@H]4O[C@H](C)[C@@H](O)C(O[C@@H]5OC[C@@H](O[C@@H]6O[C@H](CO)[C@@H](O)[C@H](O)[C@H]6O[C@H]6O[C@H](C)[C@H](O)[C@H](O[C@@H]7O[C@H](CO)[C@@H](O)[C@H](O)[C@H]7O)[C@H]6O)[C@H](O)[C@H]5O[C@@H]5O[C@H](C)[C@H](O)[C@@H](O)[C@H]5O)[C@H]4O)C4C[C@@H](OS(=O)(=O)[O-])CC[C@]4(C)C3=CC[C@@]21C.[Na+]. The molecule has 3 unspecified atom stereocenters. The molecule has 33 nitrogen and oxygen atoms in total. The Labute approximate surface area is 584 Å². The van der Waals surface area contributed by atoms with Crippen molar-refractivity contribution in [3.8, 4) is 0 Å². The Bertz CT molecular complexity index is 2760. The van der Waals surface area contributed by atoms with Crippen LogP contribution in [0, 0.1) is 40.4 Å². The molecule has 6 saturated heterocycles. The molecule has 9 fully saturated rings. The molecule has 6 heterocycles. The summed E-state index contributed by atoms with van der Waals surface area (Å²) in [5.41, 5.74) is -1.41. The summed E-state index contributed by atoms with van der Waals surface area (Å²) in [6, 6.07) is 0. The van der Waals surface area contributed by atoms with Crippen molar-refractivity contribution in [2.24, 2.45) is 40.4 Å². The third-order valence-corrected chi connectivity index (χ3v) is 22.9. The summed E-state index contributed by atoms with van der Waals surface area (Å²) in [7, 11) is -5.17. The quantitative estimate of drug-likeness (QED) is 0.0220. The van der Waals surface area contributed by atoms with Gasteiger partial charge in [0.25, 0.3) is 0 Å². The van der Waals surface area contributed by atoms with E-state index in [0.29, 0.717) is 32.1 Å². The van der Waals surface area contributed by atoms with Crippen molar-refractivity contribution in [1.29, 1.82) is 0 Å². The number of fused-ring (bicyclic) bond motifs is 5.